The van der Waals surface area contributed by atoms with Gasteiger partial charge in [0.1, 0.15) is 12.8 Å². The number of aromatic nitrogens is 1. The maximum absolute atomic E-state index is 12.1. The summed E-state index contributed by atoms with van der Waals surface area (Å²) in [4.78, 5) is 12.1. The Hall–Kier alpha value is -2.76. The summed E-state index contributed by atoms with van der Waals surface area (Å²) in [6.45, 7) is 3.46. The molecule has 0 aliphatic heterocycles. The van der Waals surface area contributed by atoms with Gasteiger partial charge in [-0.15, -0.1) is 0 Å². The van der Waals surface area contributed by atoms with Crippen LogP contribution < -0.4 is 24.1 Å². The van der Waals surface area contributed by atoms with Gasteiger partial charge in [-0.05, 0) is 18.6 Å². The van der Waals surface area contributed by atoms with Crippen LogP contribution in [0.1, 0.15) is 76.8 Å². The van der Waals surface area contributed by atoms with Gasteiger partial charge in [0.15, 0.2) is 30.0 Å². The van der Waals surface area contributed by atoms with Gasteiger partial charge in [-0.2, -0.15) is 0 Å². The van der Waals surface area contributed by atoms with E-state index in [0.29, 0.717) is 30.4 Å². The first-order valence-electron chi connectivity index (χ1n) is 13.3. The number of benzene rings is 1. The summed E-state index contributed by atoms with van der Waals surface area (Å²) in [5.74, 6) is 1.75. The second kappa shape index (κ2) is 17.6. The van der Waals surface area contributed by atoms with Crippen LogP contribution in [-0.2, 0) is 18.3 Å². The van der Waals surface area contributed by atoms with E-state index < -0.39 is 0 Å². The van der Waals surface area contributed by atoms with Crippen molar-refractivity contribution >= 4 is 5.91 Å². The minimum Gasteiger partial charge on any atom is -0.493 e. The fourth-order valence-electron chi connectivity index (χ4n) is 3.98. The Kier molecular flexibility index (Phi) is 14.4. The predicted molar refractivity (Wildman–Crippen MR) is 140 cm³/mol. The fourth-order valence-corrected chi connectivity index (χ4v) is 3.98. The van der Waals surface area contributed by atoms with Gasteiger partial charge >= 0.3 is 0 Å². The lowest BCUT2D eigenvalue weighted by Gasteiger charge is -2.13. The summed E-state index contributed by atoms with van der Waals surface area (Å²) in [7, 11) is 3.61. The molecular weight excluding hydrogens is 440 g/mol. The molecule has 194 valence electrons. The Morgan fingerprint density at radius 3 is 2.29 bits per heavy atom. The smallest absolute Gasteiger partial charge is 0.257 e. The van der Waals surface area contributed by atoms with Crippen LogP contribution in [0, 0.1) is 0 Å². The van der Waals surface area contributed by atoms with Gasteiger partial charge in [-0.3, -0.25) is 4.79 Å². The number of rotatable bonds is 19. The van der Waals surface area contributed by atoms with Crippen LogP contribution in [0.25, 0.3) is 0 Å². The van der Waals surface area contributed by atoms with Crippen LogP contribution in [-0.4, -0.2) is 32.8 Å². The van der Waals surface area contributed by atoms with E-state index in [1.54, 1.807) is 13.2 Å². The number of ether oxygens (including phenoxy) is 3. The lowest BCUT2D eigenvalue weighted by atomic mass is 10.1. The van der Waals surface area contributed by atoms with Gasteiger partial charge in [0, 0.05) is 31.2 Å². The second-order valence-corrected chi connectivity index (χ2v) is 9.03. The molecule has 1 amide bonds. The van der Waals surface area contributed by atoms with E-state index in [4.69, 9.17) is 14.2 Å². The molecule has 2 aromatic rings. The largest absolute Gasteiger partial charge is 0.493 e. The third-order valence-corrected chi connectivity index (χ3v) is 6.13. The quantitative estimate of drug-likeness (QED) is 0.209. The number of nitrogens with zero attached hydrogens (tertiary/aromatic N) is 1. The van der Waals surface area contributed by atoms with Gasteiger partial charge < -0.3 is 19.5 Å². The minimum atomic E-state index is -0.149. The van der Waals surface area contributed by atoms with E-state index in [9.17, 15) is 4.79 Å². The summed E-state index contributed by atoms with van der Waals surface area (Å²) >= 11 is 0. The molecule has 1 aromatic carbocycles. The van der Waals surface area contributed by atoms with Crippen LogP contribution >= 0.6 is 0 Å². The summed E-state index contributed by atoms with van der Waals surface area (Å²) in [6, 6.07) is 11.5. The number of aryl methyl sites for hydroxylation is 1. The van der Waals surface area contributed by atoms with Gasteiger partial charge in [-0.25, -0.2) is 4.57 Å². The van der Waals surface area contributed by atoms with Crippen molar-refractivity contribution in [3.8, 4) is 17.2 Å². The predicted octanol–water partition coefficient (Wildman–Crippen LogP) is 5.56. The Morgan fingerprint density at radius 2 is 1.60 bits per heavy atom. The standard InChI is InChI=1S/C29H44N2O4/c1-4-5-6-7-8-9-10-11-12-15-22-34-27-18-17-26(23-28(27)33-3)35-24-29(32)30-20-19-25-16-13-14-21-31(25)2/h13-14,16-18,21,23H,4-12,15,19-20,22,24H2,1-3H3/p+1. The first-order chi connectivity index (χ1) is 17.1. The van der Waals surface area contributed by atoms with Crippen LogP contribution in [0.5, 0.6) is 17.2 Å². The molecule has 1 heterocycles. The molecule has 1 aromatic heterocycles. The summed E-state index contributed by atoms with van der Waals surface area (Å²) in [6.07, 6.45) is 15.8. The first kappa shape index (κ1) is 28.5. The van der Waals surface area contributed by atoms with E-state index in [-0.39, 0.29) is 12.5 Å². The van der Waals surface area contributed by atoms with Crippen molar-refractivity contribution in [2.24, 2.45) is 7.05 Å². The molecule has 0 aliphatic carbocycles. The molecule has 1 N–H and O–H groups in total. The molecule has 0 unspecified atom stereocenters. The SMILES string of the molecule is CCCCCCCCCCCCOc1ccc(OCC(=O)NCCc2cccc[n+]2C)cc1OC. The Bertz CT molecular complexity index is 856. The lowest BCUT2D eigenvalue weighted by Crippen LogP contribution is -2.36. The molecule has 0 fully saturated rings. The van der Waals surface area contributed by atoms with Crippen molar-refractivity contribution in [2.75, 3.05) is 26.9 Å². The Balaban J connectivity index is 1.60. The number of pyridine rings is 1. The van der Waals surface area contributed by atoms with Crippen molar-refractivity contribution in [1.82, 2.24) is 5.32 Å². The van der Waals surface area contributed by atoms with E-state index in [2.05, 4.69) is 22.9 Å². The average molecular weight is 486 g/mol. The van der Waals surface area contributed by atoms with E-state index in [1.807, 2.05) is 37.5 Å². The zero-order valence-corrected chi connectivity index (χ0v) is 22.0. The molecule has 6 heteroatoms. The van der Waals surface area contributed by atoms with Gasteiger partial charge in [0.05, 0.1) is 13.7 Å². The third-order valence-electron chi connectivity index (χ3n) is 6.13. The maximum atomic E-state index is 12.1. The highest BCUT2D eigenvalue weighted by Gasteiger charge is 2.10. The molecule has 0 bridgehead atoms. The van der Waals surface area contributed by atoms with Crippen molar-refractivity contribution in [1.29, 1.82) is 0 Å². The van der Waals surface area contributed by atoms with Crippen molar-refractivity contribution in [3.05, 3.63) is 48.3 Å². The number of carbonyl (C=O) groups is 1. The number of amides is 1. The third kappa shape index (κ3) is 12.0. The van der Waals surface area contributed by atoms with Gasteiger partial charge in [0.25, 0.3) is 5.91 Å². The van der Waals surface area contributed by atoms with Gasteiger partial charge in [-0.1, -0.05) is 70.8 Å². The maximum Gasteiger partial charge on any atom is 0.257 e. The fraction of sp³-hybridized carbons (Fsp3) is 0.586. The molecule has 0 radical (unpaired) electrons. The molecule has 0 aliphatic rings. The highest BCUT2D eigenvalue weighted by Crippen LogP contribution is 2.31. The monoisotopic (exact) mass is 485 g/mol. The number of unbranched alkanes of at least 4 members (excludes halogenated alkanes) is 9. The zero-order valence-electron chi connectivity index (χ0n) is 22.0. The molecule has 0 atom stereocenters. The molecule has 0 spiro atoms. The van der Waals surface area contributed by atoms with E-state index in [0.717, 1.165) is 18.5 Å². The molecule has 0 saturated carbocycles. The molecule has 2 rings (SSSR count). The van der Waals surface area contributed by atoms with Crippen molar-refractivity contribution in [2.45, 2.75) is 77.6 Å². The van der Waals surface area contributed by atoms with E-state index >= 15 is 0 Å². The number of hydrogen-bond acceptors (Lipinski definition) is 4. The number of nitrogens with one attached hydrogen (secondary N) is 1. The average Bonchev–Trinajstić information content (AvgIpc) is 2.87. The number of hydrogen-bond donors (Lipinski definition) is 1. The van der Waals surface area contributed by atoms with Crippen LogP contribution in [0.15, 0.2) is 42.6 Å². The summed E-state index contributed by atoms with van der Waals surface area (Å²) < 4.78 is 19.1. The van der Waals surface area contributed by atoms with Crippen LogP contribution in [0.3, 0.4) is 0 Å². The van der Waals surface area contributed by atoms with Crippen LogP contribution in [0.2, 0.25) is 0 Å². The minimum absolute atomic E-state index is 0.0388. The van der Waals surface area contributed by atoms with E-state index in [1.165, 1.54) is 57.8 Å². The molecule has 0 saturated heterocycles. The summed E-state index contributed by atoms with van der Waals surface area (Å²) in [5.41, 5.74) is 1.16. The van der Waals surface area contributed by atoms with Crippen molar-refractivity contribution < 1.29 is 23.6 Å². The lowest BCUT2D eigenvalue weighted by molar-refractivity contribution is -0.679. The normalized spacial score (nSPS) is 10.7. The number of carbonyl (C=O) groups excluding carboxylic acids is 1. The molecule has 35 heavy (non-hydrogen) atoms. The molecular formula is C29H45N2O4+. The van der Waals surface area contributed by atoms with Crippen molar-refractivity contribution in [3.63, 3.8) is 0 Å². The Labute approximate surface area is 212 Å². The zero-order chi connectivity index (χ0) is 25.1. The molecule has 6 nitrogen and oxygen atoms in total. The second-order valence-electron chi connectivity index (χ2n) is 9.03. The number of methoxy groups -OCH3 is 1. The first-order valence-corrected chi connectivity index (χ1v) is 13.3. The topological polar surface area (TPSA) is 60.7 Å². The Morgan fingerprint density at radius 1 is 0.886 bits per heavy atom. The highest BCUT2D eigenvalue weighted by atomic mass is 16.5. The highest BCUT2D eigenvalue weighted by molar-refractivity contribution is 5.77. The van der Waals surface area contributed by atoms with Gasteiger partial charge in [0.2, 0.25) is 0 Å². The summed E-state index contributed by atoms with van der Waals surface area (Å²) in [5, 5.41) is 2.90. The van der Waals surface area contributed by atoms with Crippen LogP contribution in [0.4, 0.5) is 0 Å².